The van der Waals surface area contributed by atoms with Gasteiger partial charge in [-0.3, -0.25) is 0 Å². The van der Waals surface area contributed by atoms with Gasteiger partial charge in [0.25, 0.3) is 0 Å². The third-order valence-corrected chi connectivity index (χ3v) is 2.70. The Kier molecular flexibility index (Phi) is 5.05. The molecule has 2 rings (SSSR count). The average molecular weight is 249 g/mol. The van der Waals surface area contributed by atoms with Crippen molar-refractivity contribution in [2.45, 2.75) is 20.8 Å². The van der Waals surface area contributed by atoms with Gasteiger partial charge in [-0.05, 0) is 44.0 Å². The standard InChI is InChI=1S/C8H10O.C7H7Cl/c1-6-4-3-5-7(2)8(6)9;1-6-2-4-7(8)5-3-6/h3-5,9H,1-2H3;2-5H,1H3. The molecule has 0 atom stereocenters. The second kappa shape index (κ2) is 6.31. The first-order valence-corrected chi connectivity index (χ1v) is 5.86. The Morgan fingerprint density at radius 1 is 0.824 bits per heavy atom. The summed E-state index contributed by atoms with van der Waals surface area (Å²) in [6.45, 7) is 5.82. The van der Waals surface area contributed by atoms with Crippen LogP contribution in [0.15, 0.2) is 42.5 Å². The molecule has 0 radical (unpaired) electrons. The van der Waals surface area contributed by atoms with Crippen molar-refractivity contribution in [2.24, 2.45) is 0 Å². The average Bonchev–Trinajstić information content (AvgIpc) is 2.31. The van der Waals surface area contributed by atoms with Gasteiger partial charge in [-0.15, -0.1) is 0 Å². The van der Waals surface area contributed by atoms with Crippen molar-refractivity contribution in [1.82, 2.24) is 0 Å². The molecule has 0 unspecified atom stereocenters. The van der Waals surface area contributed by atoms with Gasteiger partial charge in [0, 0.05) is 5.02 Å². The second-order valence-electron chi connectivity index (χ2n) is 4.04. The van der Waals surface area contributed by atoms with E-state index in [0.717, 1.165) is 16.1 Å². The Bertz CT molecular complexity index is 434. The molecular formula is C15H17ClO. The molecule has 0 heterocycles. The molecule has 2 aromatic carbocycles. The summed E-state index contributed by atoms with van der Waals surface area (Å²) in [5.41, 5.74) is 3.12. The molecule has 1 N–H and O–H groups in total. The van der Waals surface area contributed by atoms with Gasteiger partial charge in [-0.1, -0.05) is 47.5 Å². The number of aromatic hydroxyl groups is 1. The molecule has 0 saturated heterocycles. The predicted molar refractivity (Wildman–Crippen MR) is 73.8 cm³/mol. The summed E-state index contributed by atoms with van der Waals surface area (Å²) in [5.74, 6) is 0.414. The fourth-order valence-electron chi connectivity index (χ4n) is 1.34. The zero-order valence-electron chi connectivity index (χ0n) is 10.4. The van der Waals surface area contributed by atoms with E-state index >= 15 is 0 Å². The third kappa shape index (κ3) is 4.49. The lowest BCUT2D eigenvalue weighted by Crippen LogP contribution is -1.76. The largest absolute Gasteiger partial charge is 0.507 e. The van der Waals surface area contributed by atoms with Gasteiger partial charge in [-0.2, -0.15) is 0 Å². The molecule has 90 valence electrons. The molecule has 2 heteroatoms. The summed E-state index contributed by atoms with van der Waals surface area (Å²) < 4.78 is 0. The number of para-hydroxylation sites is 1. The summed E-state index contributed by atoms with van der Waals surface area (Å²) in [6.07, 6.45) is 0. The van der Waals surface area contributed by atoms with Gasteiger partial charge < -0.3 is 5.11 Å². The summed E-state index contributed by atoms with van der Waals surface area (Å²) in [6, 6.07) is 13.5. The molecular weight excluding hydrogens is 232 g/mol. The van der Waals surface area contributed by atoms with Crippen LogP contribution < -0.4 is 0 Å². The van der Waals surface area contributed by atoms with Crippen LogP contribution in [0, 0.1) is 20.8 Å². The fourth-order valence-corrected chi connectivity index (χ4v) is 1.46. The van der Waals surface area contributed by atoms with E-state index in [1.807, 2.05) is 63.2 Å². The Balaban J connectivity index is 0.000000171. The third-order valence-electron chi connectivity index (χ3n) is 2.45. The van der Waals surface area contributed by atoms with Gasteiger partial charge in [0.05, 0.1) is 0 Å². The van der Waals surface area contributed by atoms with Crippen molar-refractivity contribution in [1.29, 1.82) is 0 Å². The predicted octanol–water partition coefficient (Wildman–Crippen LogP) is 4.66. The number of phenolic OH excluding ortho intramolecular Hbond substituents is 1. The number of phenols is 1. The molecule has 0 fully saturated rings. The number of halogens is 1. The lowest BCUT2D eigenvalue weighted by atomic mass is 10.1. The Hall–Kier alpha value is -1.47. The summed E-state index contributed by atoms with van der Waals surface area (Å²) in [4.78, 5) is 0. The number of aryl methyl sites for hydroxylation is 3. The zero-order chi connectivity index (χ0) is 12.8. The Morgan fingerprint density at radius 3 is 1.65 bits per heavy atom. The number of hydrogen-bond acceptors (Lipinski definition) is 1. The van der Waals surface area contributed by atoms with E-state index in [1.54, 1.807) is 0 Å². The van der Waals surface area contributed by atoms with Crippen molar-refractivity contribution < 1.29 is 5.11 Å². The minimum atomic E-state index is 0.414. The molecule has 0 aliphatic heterocycles. The van der Waals surface area contributed by atoms with Gasteiger partial charge in [-0.25, -0.2) is 0 Å². The van der Waals surface area contributed by atoms with Crippen molar-refractivity contribution >= 4 is 11.6 Å². The van der Waals surface area contributed by atoms with Crippen molar-refractivity contribution in [2.75, 3.05) is 0 Å². The van der Waals surface area contributed by atoms with Crippen LogP contribution in [0.4, 0.5) is 0 Å². The molecule has 0 spiro atoms. The quantitative estimate of drug-likeness (QED) is 0.719. The van der Waals surface area contributed by atoms with Crippen LogP contribution >= 0.6 is 11.6 Å². The molecule has 0 aliphatic carbocycles. The van der Waals surface area contributed by atoms with Crippen LogP contribution in [-0.2, 0) is 0 Å². The summed E-state index contributed by atoms with van der Waals surface area (Å²) in [7, 11) is 0. The topological polar surface area (TPSA) is 20.2 Å². The van der Waals surface area contributed by atoms with Crippen LogP contribution in [0.3, 0.4) is 0 Å². The second-order valence-corrected chi connectivity index (χ2v) is 4.47. The van der Waals surface area contributed by atoms with Gasteiger partial charge in [0.2, 0.25) is 0 Å². The molecule has 17 heavy (non-hydrogen) atoms. The van der Waals surface area contributed by atoms with Crippen LogP contribution in [0.5, 0.6) is 5.75 Å². The van der Waals surface area contributed by atoms with E-state index in [9.17, 15) is 5.11 Å². The first-order valence-electron chi connectivity index (χ1n) is 5.48. The van der Waals surface area contributed by atoms with E-state index in [0.29, 0.717) is 5.75 Å². The minimum Gasteiger partial charge on any atom is -0.507 e. The maximum Gasteiger partial charge on any atom is 0.121 e. The normalized spacial score (nSPS) is 9.41. The lowest BCUT2D eigenvalue weighted by molar-refractivity contribution is 0.467. The first-order chi connectivity index (χ1) is 8.00. The highest BCUT2D eigenvalue weighted by Crippen LogP contribution is 2.19. The fraction of sp³-hybridized carbons (Fsp3) is 0.200. The highest BCUT2D eigenvalue weighted by Gasteiger charge is 1.95. The van der Waals surface area contributed by atoms with Crippen molar-refractivity contribution in [3.8, 4) is 5.75 Å². The smallest absolute Gasteiger partial charge is 0.121 e. The molecule has 0 bridgehead atoms. The molecule has 0 aliphatic rings. The van der Waals surface area contributed by atoms with Crippen molar-refractivity contribution in [3.05, 3.63) is 64.2 Å². The highest BCUT2D eigenvalue weighted by molar-refractivity contribution is 6.30. The SMILES string of the molecule is Cc1ccc(Cl)cc1.Cc1cccc(C)c1O. The van der Waals surface area contributed by atoms with E-state index in [2.05, 4.69) is 0 Å². The summed E-state index contributed by atoms with van der Waals surface area (Å²) >= 11 is 5.61. The van der Waals surface area contributed by atoms with Crippen LogP contribution in [-0.4, -0.2) is 5.11 Å². The van der Waals surface area contributed by atoms with E-state index in [1.165, 1.54) is 5.56 Å². The van der Waals surface area contributed by atoms with Crippen molar-refractivity contribution in [3.63, 3.8) is 0 Å². The minimum absolute atomic E-state index is 0.414. The lowest BCUT2D eigenvalue weighted by Gasteiger charge is -1.99. The monoisotopic (exact) mass is 248 g/mol. The number of benzene rings is 2. The first kappa shape index (κ1) is 13.6. The number of rotatable bonds is 0. The van der Waals surface area contributed by atoms with Gasteiger partial charge >= 0.3 is 0 Å². The van der Waals surface area contributed by atoms with Crippen LogP contribution in [0.1, 0.15) is 16.7 Å². The Labute approximate surface area is 108 Å². The van der Waals surface area contributed by atoms with Gasteiger partial charge in [0.1, 0.15) is 5.75 Å². The molecule has 0 amide bonds. The van der Waals surface area contributed by atoms with Crippen LogP contribution in [0.2, 0.25) is 5.02 Å². The summed E-state index contributed by atoms with van der Waals surface area (Å²) in [5, 5.41) is 10.0. The maximum absolute atomic E-state index is 9.21. The zero-order valence-corrected chi connectivity index (χ0v) is 11.1. The molecule has 2 aromatic rings. The Morgan fingerprint density at radius 2 is 1.29 bits per heavy atom. The number of hydrogen-bond donors (Lipinski definition) is 1. The van der Waals surface area contributed by atoms with E-state index in [-0.39, 0.29) is 0 Å². The maximum atomic E-state index is 9.21. The van der Waals surface area contributed by atoms with Crippen LogP contribution in [0.25, 0.3) is 0 Å². The van der Waals surface area contributed by atoms with E-state index in [4.69, 9.17) is 11.6 Å². The molecule has 0 aromatic heterocycles. The molecule has 1 nitrogen and oxygen atoms in total. The van der Waals surface area contributed by atoms with Gasteiger partial charge in [0.15, 0.2) is 0 Å². The molecule has 0 saturated carbocycles. The highest BCUT2D eigenvalue weighted by atomic mass is 35.5. The van der Waals surface area contributed by atoms with E-state index < -0.39 is 0 Å².